The van der Waals surface area contributed by atoms with Crippen molar-refractivity contribution in [2.75, 3.05) is 4.90 Å². The Hall–Kier alpha value is -5.25. The minimum atomic E-state index is 1.04. The predicted octanol–water partition coefficient (Wildman–Crippen LogP) is 11.4. The summed E-state index contributed by atoms with van der Waals surface area (Å²) in [7, 11) is 0. The van der Waals surface area contributed by atoms with Gasteiger partial charge in [-0.1, -0.05) is 109 Å². The first-order chi connectivity index (χ1) is 20.8. The molecule has 0 bridgehead atoms. The molecule has 0 fully saturated rings. The molecule has 0 unspecified atom stereocenters. The molecule has 0 saturated carbocycles. The summed E-state index contributed by atoms with van der Waals surface area (Å²) >= 11 is 1.76. The van der Waals surface area contributed by atoms with Crippen LogP contribution in [0.25, 0.3) is 53.3 Å². The average Bonchev–Trinajstić information content (AvgIpc) is 3.42. The number of benzene rings is 6. The maximum Gasteiger partial charge on any atom is 0.124 e. The van der Waals surface area contributed by atoms with Gasteiger partial charge in [-0.3, -0.25) is 0 Å². The number of thiophene rings is 1. The van der Waals surface area contributed by atoms with Crippen LogP contribution in [0.5, 0.6) is 0 Å². The highest BCUT2D eigenvalue weighted by molar-refractivity contribution is 7.25. The molecule has 3 heteroatoms. The SMILES string of the molecule is c1ccc(-c2ccc(N(c3cccc(-c4ccccc4)c3)c3cnc4sc5cc6ccccc6cc5c4c3)cc2)cc1. The lowest BCUT2D eigenvalue weighted by Crippen LogP contribution is -2.10. The van der Waals surface area contributed by atoms with Crippen molar-refractivity contribution in [1.29, 1.82) is 0 Å². The zero-order chi connectivity index (χ0) is 27.9. The topological polar surface area (TPSA) is 16.1 Å². The third kappa shape index (κ3) is 4.41. The van der Waals surface area contributed by atoms with Crippen LogP contribution in [0.4, 0.5) is 17.1 Å². The van der Waals surface area contributed by atoms with E-state index < -0.39 is 0 Å². The largest absolute Gasteiger partial charge is 0.309 e. The van der Waals surface area contributed by atoms with Crippen molar-refractivity contribution in [3.63, 3.8) is 0 Å². The van der Waals surface area contributed by atoms with E-state index in [9.17, 15) is 0 Å². The van der Waals surface area contributed by atoms with Crippen molar-refractivity contribution in [3.8, 4) is 22.3 Å². The monoisotopic (exact) mass is 554 g/mol. The molecule has 0 saturated heterocycles. The van der Waals surface area contributed by atoms with Gasteiger partial charge >= 0.3 is 0 Å². The highest BCUT2D eigenvalue weighted by atomic mass is 32.1. The highest BCUT2D eigenvalue weighted by Crippen LogP contribution is 2.41. The van der Waals surface area contributed by atoms with Gasteiger partial charge in [0.2, 0.25) is 0 Å². The fourth-order valence-corrected chi connectivity index (χ4v) is 6.85. The Bertz CT molecular complexity index is 2180. The molecule has 2 heterocycles. The van der Waals surface area contributed by atoms with Crippen LogP contribution in [-0.4, -0.2) is 4.98 Å². The molecule has 2 aromatic heterocycles. The molecule has 2 nitrogen and oxygen atoms in total. The summed E-state index contributed by atoms with van der Waals surface area (Å²) in [5, 5.41) is 4.94. The van der Waals surface area contributed by atoms with Crippen molar-refractivity contribution in [2.24, 2.45) is 0 Å². The van der Waals surface area contributed by atoms with Gasteiger partial charge in [0, 0.05) is 26.8 Å². The third-order valence-corrected chi connectivity index (χ3v) is 8.96. The van der Waals surface area contributed by atoms with Crippen molar-refractivity contribution in [3.05, 3.63) is 158 Å². The van der Waals surface area contributed by atoms with E-state index in [1.54, 1.807) is 11.3 Å². The molecule has 0 aliphatic heterocycles. The molecular formula is C39H26N2S. The lowest BCUT2D eigenvalue weighted by Gasteiger charge is -2.26. The molecule has 8 rings (SSSR count). The van der Waals surface area contributed by atoms with Gasteiger partial charge in [-0.2, -0.15) is 0 Å². The van der Waals surface area contributed by atoms with Crippen molar-refractivity contribution >= 4 is 59.5 Å². The van der Waals surface area contributed by atoms with Gasteiger partial charge in [0.25, 0.3) is 0 Å². The molecule has 198 valence electrons. The number of aromatic nitrogens is 1. The Morgan fingerprint density at radius 3 is 1.79 bits per heavy atom. The van der Waals surface area contributed by atoms with Gasteiger partial charge in [0.15, 0.2) is 0 Å². The van der Waals surface area contributed by atoms with Gasteiger partial charge in [-0.25, -0.2) is 4.98 Å². The van der Waals surface area contributed by atoms with Crippen LogP contribution in [0.1, 0.15) is 0 Å². The molecule has 0 N–H and O–H groups in total. The normalized spacial score (nSPS) is 11.3. The van der Waals surface area contributed by atoms with E-state index in [4.69, 9.17) is 4.98 Å². The van der Waals surface area contributed by atoms with E-state index in [-0.39, 0.29) is 0 Å². The van der Waals surface area contributed by atoms with E-state index in [1.807, 2.05) is 6.20 Å². The molecule has 8 aromatic rings. The van der Waals surface area contributed by atoms with Crippen LogP contribution < -0.4 is 4.90 Å². The maximum atomic E-state index is 5.00. The Labute approximate surface area is 248 Å². The third-order valence-electron chi connectivity index (χ3n) is 7.88. The summed E-state index contributed by atoms with van der Waals surface area (Å²) in [5.41, 5.74) is 8.00. The zero-order valence-corrected chi connectivity index (χ0v) is 23.6. The van der Waals surface area contributed by atoms with Crippen LogP contribution >= 0.6 is 11.3 Å². The number of fused-ring (bicyclic) bond motifs is 4. The number of nitrogens with zero attached hydrogens (tertiary/aromatic N) is 2. The minimum absolute atomic E-state index is 1.04. The van der Waals surface area contributed by atoms with Crippen LogP contribution in [-0.2, 0) is 0 Å². The first-order valence-corrected chi connectivity index (χ1v) is 14.9. The van der Waals surface area contributed by atoms with E-state index in [0.717, 1.165) is 21.9 Å². The van der Waals surface area contributed by atoms with E-state index in [0.29, 0.717) is 0 Å². The number of pyridine rings is 1. The molecule has 0 aliphatic carbocycles. The predicted molar refractivity (Wildman–Crippen MR) is 180 cm³/mol. The number of hydrogen-bond acceptors (Lipinski definition) is 3. The van der Waals surface area contributed by atoms with Gasteiger partial charge in [0.05, 0.1) is 11.9 Å². The lowest BCUT2D eigenvalue weighted by atomic mass is 10.0. The Kier molecular flexibility index (Phi) is 6.02. The second-order valence-corrected chi connectivity index (χ2v) is 11.5. The Morgan fingerprint density at radius 1 is 0.429 bits per heavy atom. The van der Waals surface area contributed by atoms with Crippen LogP contribution in [0.3, 0.4) is 0 Å². The molecule has 42 heavy (non-hydrogen) atoms. The summed E-state index contributed by atoms with van der Waals surface area (Å²) in [6, 6.07) is 54.1. The molecule has 0 radical (unpaired) electrons. The quantitative estimate of drug-likeness (QED) is 0.210. The number of anilines is 3. The first kappa shape index (κ1) is 24.5. The van der Waals surface area contributed by atoms with Gasteiger partial charge in [-0.05, 0) is 75.5 Å². The summed E-state index contributed by atoms with van der Waals surface area (Å²) < 4.78 is 1.26. The van der Waals surface area contributed by atoms with Gasteiger partial charge in [0.1, 0.15) is 4.83 Å². The van der Waals surface area contributed by atoms with E-state index in [1.165, 1.54) is 48.5 Å². The van der Waals surface area contributed by atoms with E-state index >= 15 is 0 Å². The molecule has 6 aromatic carbocycles. The summed E-state index contributed by atoms with van der Waals surface area (Å²) in [6.45, 7) is 0. The van der Waals surface area contributed by atoms with Crippen LogP contribution in [0, 0.1) is 0 Å². The maximum absolute atomic E-state index is 5.00. The van der Waals surface area contributed by atoms with Crippen LogP contribution in [0.2, 0.25) is 0 Å². The second-order valence-electron chi connectivity index (χ2n) is 10.5. The minimum Gasteiger partial charge on any atom is -0.309 e. The highest BCUT2D eigenvalue weighted by Gasteiger charge is 2.17. The fourth-order valence-electron chi connectivity index (χ4n) is 5.79. The molecule has 0 aliphatic rings. The molecule has 0 spiro atoms. The zero-order valence-electron chi connectivity index (χ0n) is 22.8. The molecule has 0 amide bonds. The van der Waals surface area contributed by atoms with Gasteiger partial charge in [-0.15, -0.1) is 11.3 Å². The second kappa shape index (κ2) is 10.3. The fraction of sp³-hybridized carbons (Fsp3) is 0. The summed E-state index contributed by atoms with van der Waals surface area (Å²) in [5.74, 6) is 0. The summed E-state index contributed by atoms with van der Waals surface area (Å²) in [6.07, 6.45) is 2.01. The average molecular weight is 555 g/mol. The van der Waals surface area contributed by atoms with Gasteiger partial charge < -0.3 is 4.90 Å². The van der Waals surface area contributed by atoms with Crippen LogP contribution in [0.15, 0.2) is 158 Å². The van der Waals surface area contributed by atoms with E-state index in [2.05, 4.69) is 157 Å². The summed E-state index contributed by atoms with van der Waals surface area (Å²) in [4.78, 5) is 8.38. The lowest BCUT2D eigenvalue weighted by molar-refractivity contribution is 1.26. The van der Waals surface area contributed by atoms with Crippen molar-refractivity contribution in [2.45, 2.75) is 0 Å². The number of hydrogen-bond donors (Lipinski definition) is 0. The van der Waals surface area contributed by atoms with Crippen molar-refractivity contribution in [1.82, 2.24) is 4.98 Å². The molecular weight excluding hydrogens is 529 g/mol. The van der Waals surface area contributed by atoms with Crippen molar-refractivity contribution < 1.29 is 0 Å². The first-order valence-electron chi connectivity index (χ1n) is 14.1. The Balaban J connectivity index is 1.30. The smallest absolute Gasteiger partial charge is 0.124 e. The Morgan fingerprint density at radius 2 is 1.05 bits per heavy atom. The molecule has 0 atom stereocenters. The number of rotatable bonds is 5. The standard InChI is InChI=1S/C39H26N2S/c1-3-10-27(11-4-1)29-18-20-33(21-19-29)41(34-17-9-16-30(22-34)28-12-5-2-6-13-28)35-25-37-36-23-31-14-7-8-15-32(31)24-38(36)42-39(37)40-26-35/h1-26H.